The van der Waals surface area contributed by atoms with E-state index in [1.165, 1.54) is 10.7 Å². The molecule has 1 aromatic heterocycles. The normalized spacial score (nSPS) is 10.3. The molecule has 0 aliphatic rings. The number of para-hydroxylation sites is 1. The van der Waals surface area contributed by atoms with E-state index in [9.17, 15) is 9.59 Å². The molecule has 0 aliphatic carbocycles. The molecule has 0 bridgehead atoms. The van der Waals surface area contributed by atoms with Gasteiger partial charge in [-0.05, 0) is 32.0 Å². The first-order valence-corrected chi connectivity index (χ1v) is 6.41. The van der Waals surface area contributed by atoms with Crippen LogP contribution in [-0.2, 0) is 6.54 Å². The lowest BCUT2D eigenvalue weighted by molar-refractivity contribution is 0.0962. The summed E-state index contributed by atoms with van der Waals surface area (Å²) in [5.74, 6) is 0.329. The Labute approximate surface area is 116 Å². The lowest BCUT2D eigenvalue weighted by Crippen LogP contribution is -2.26. The van der Waals surface area contributed by atoms with Crippen LogP contribution in [0, 0.1) is 6.92 Å². The highest BCUT2D eigenvalue weighted by Crippen LogP contribution is 2.18. The third-order valence-corrected chi connectivity index (χ3v) is 2.78. The summed E-state index contributed by atoms with van der Waals surface area (Å²) < 4.78 is 6.59. The minimum absolute atomic E-state index is 0.0927. The number of rotatable bonds is 5. The zero-order valence-corrected chi connectivity index (χ0v) is 11.5. The van der Waals surface area contributed by atoms with Crippen LogP contribution >= 0.6 is 0 Å². The van der Waals surface area contributed by atoms with E-state index in [-0.39, 0.29) is 17.9 Å². The van der Waals surface area contributed by atoms with Crippen molar-refractivity contribution in [2.45, 2.75) is 20.4 Å². The van der Waals surface area contributed by atoms with Gasteiger partial charge in [0.1, 0.15) is 12.3 Å². The Morgan fingerprint density at radius 1 is 1.25 bits per heavy atom. The number of carbonyl (C=O) groups is 1. The molecule has 2 rings (SSSR count). The summed E-state index contributed by atoms with van der Waals surface area (Å²) in [5, 5.41) is 4.06. The minimum atomic E-state index is -0.294. The largest absolute Gasteiger partial charge is 0.493 e. The second-order valence-corrected chi connectivity index (χ2v) is 4.32. The van der Waals surface area contributed by atoms with Gasteiger partial charge < -0.3 is 4.74 Å². The maximum atomic E-state index is 12.3. The fourth-order valence-electron chi connectivity index (χ4n) is 1.86. The van der Waals surface area contributed by atoms with Gasteiger partial charge in [0.2, 0.25) is 0 Å². The Hall–Kier alpha value is -2.43. The molecule has 0 spiro atoms. The van der Waals surface area contributed by atoms with Gasteiger partial charge in [-0.15, -0.1) is 0 Å². The maximum absolute atomic E-state index is 12.3. The lowest BCUT2D eigenvalue weighted by atomic mass is 10.1. The van der Waals surface area contributed by atoms with Crippen LogP contribution in [0.25, 0.3) is 0 Å². The lowest BCUT2D eigenvalue weighted by Gasteiger charge is -2.09. The number of Topliss-reactive ketones (excluding diaryl/α,β-unsaturated/α-hetero) is 1. The second-order valence-electron chi connectivity index (χ2n) is 4.32. The SMILES string of the molecule is CCOc1ccccc1C(=O)Cn1nc(C)ccc1=O. The van der Waals surface area contributed by atoms with Gasteiger partial charge in [0, 0.05) is 6.07 Å². The average molecular weight is 272 g/mol. The molecule has 0 amide bonds. The summed E-state index contributed by atoms with van der Waals surface area (Å²) in [6, 6.07) is 10.0. The number of carbonyl (C=O) groups excluding carboxylic acids is 1. The molecule has 1 heterocycles. The zero-order valence-electron chi connectivity index (χ0n) is 11.5. The highest BCUT2D eigenvalue weighted by molar-refractivity contribution is 5.98. The molecular formula is C15H16N2O3. The topological polar surface area (TPSA) is 61.2 Å². The molecule has 0 atom stereocenters. The molecule has 1 aromatic carbocycles. The van der Waals surface area contributed by atoms with Gasteiger partial charge in [-0.1, -0.05) is 12.1 Å². The van der Waals surface area contributed by atoms with Crippen LogP contribution < -0.4 is 10.3 Å². The van der Waals surface area contributed by atoms with E-state index in [0.29, 0.717) is 23.6 Å². The first-order valence-electron chi connectivity index (χ1n) is 6.41. The number of benzene rings is 1. The molecule has 0 aliphatic heterocycles. The summed E-state index contributed by atoms with van der Waals surface area (Å²) >= 11 is 0. The van der Waals surface area contributed by atoms with Crippen molar-refractivity contribution in [3.05, 3.63) is 58.0 Å². The van der Waals surface area contributed by atoms with E-state index >= 15 is 0 Å². The minimum Gasteiger partial charge on any atom is -0.493 e. The Bertz CT molecular complexity index is 677. The molecule has 0 saturated heterocycles. The van der Waals surface area contributed by atoms with Crippen molar-refractivity contribution in [2.75, 3.05) is 6.61 Å². The van der Waals surface area contributed by atoms with E-state index in [2.05, 4.69) is 5.10 Å². The number of ketones is 1. The Morgan fingerprint density at radius 2 is 2.00 bits per heavy atom. The van der Waals surface area contributed by atoms with Crippen LogP contribution in [-0.4, -0.2) is 22.2 Å². The molecular weight excluding hydrogens is 256 g/mol. The molecule has 0 fully saturated rings. The van der Waals surface area contributed by atoms with Crippen molar-refractivity contribution in [2.24, 2.45) is 0 Å². The fraction of sp³-hybridized carbons (Fsp3) is 0.267. The van der Waals surface area contributed by atoms with E-state index in [4.69, 9.17) is 4.74 Å². The monoisotopic (exact) mass is 272 g/mol. The number of aromatic nitrogens is 2. The highest BCUT2D eigenvalue weighted by Gasteiger charge is 2.13. The molecule has 0 N–H and O–H groups in total. The summed E-state index contributed by atoms with van der Waals surface area (Å²) in [6.07, 6.45) is 0. The van der Waals surface area contributed by atoms with Crippen LogP contribution in [0.15, 0.2) is 41.2 Å². The van der Waals surface area contributed by atoms with Crippen LogP contribution in [0.1, 0.15) is 23.0 Å². The number of ether oxygens (including phenoxy) is 1. The van der Waals surface area contributed by atoms with Crippen molar-refractivity contribution in [1.82, 2.24) is 9.78 Å². The molecule has 0 saturated carbocycles. The van der Waals surface area contributed by atoms with E-state index < -0.39 is 0 Å². The number of nitrogens with zero attached hydrogens (tertiary/aromatic N) is 2. The van der Waals surface area contributed by atoms with Crippen molar-refractivity contribution in [3.63, 3.8) is 0 Å². The van der Waals surface area contributed by atoms with Gasteiger partial charge >= 0.3 is 0 Å². The van der Waals surface area contributed by atoms with Crippen molar-refractivity contribution in [1.29, 1.82) is 0 Å². The molecule has 2 aromatic rings. The number of hydrogen-bond donors (Lipinski definition) is 0. The molecule has 5 heteroatoms. The van der Waals surface area contributed by atoms with E-state index in [1.54, 1.807) is 37.3 Å². The third-order valence-electron chi connectivity index (χ3n) is 2.78. The molecule has 20 heavy (non-hydrogen) atoms. The summed E-state index contributed by atoms with van der Waals surface area (Å²) in [5.41, 5.74) is 0.859. The van der Waals surface area contributed by atoms with Crippen LogP contribution in [0.4, 0.5) is 0 Å². The van der Waals surface area contributed by atoms with Crippen LogP contribution in [0.2, 0.25) is 0 Å². The van der Waals surface area contributed by atoms with Gasteiger partial charge in [-0.2, -0.15) is 5.10 Å². The van der Waals surface area contributed by atoms with Gasteiger partial charge in [-0.3, -0.25) is 9.59 Å². The molecule has 0 unspecified atom stereocenters. The first-order chi connectivity index (χ1) is 9.61. The summed E-state index contributed by atoms with van der Waals surface area (Å²) in [7, 11) is 0. The zero-order chi connectivity index (χ0) is 14.5. The molecule has 0 radical (unpaired) electrons. The number of aryl methyl sites for hydroxylation is 1. The van der Waals surface area contributed by atoms with E-state index in [1.807, 2.05) is 6.92 Å². The van der Waals surface area contributed by atoms with Crippen LogP contribution in [0.5, 0.6) is 5.75 Å². The standard InChI is InChI=1S/C15H16N2O3/c1-3-20-14-7-5-4-6-12(14)13(18)10-17-15(19)9-8-11(2)16-17/h4-9H,3,10H2,1-2H3. The average Bonchev–Trinajstić information content (AvgIpc) is 2.44. The van der Waals surface area contributed by atoms with Crippen molar-refractivity contribution in [3.8, 4) is 5.75 Å². The quantitative estimate of drug-likeness (QED) is 0.779. The van der Waals surface area contributed by atoms with Gasteiger partial charge in [0.15, 0.2) is 5.78 Å². The van der Waals surface area contributed by atoms with Crippen molar-refractivity contribution >= 4 is 5.78 Å². The second kappa shape index (κ2) is 6.14. The number of hydrogen-bond acceptors (Lipinski definition) is 4. The van der Waals surface area contributed by atoms with Gasteiger partial charge in [0.25, 0.3) is 5.56 Å². The van der Waals surface area contributed by atoms with Gasteiger partial charge in [0.05, 0.1) is 17.9 Å². The first kappa shape index (κ1) is 14.0. The smallest absolute Gasteiger partial charge is 0.267 e. The maximum Gasteiger partial charge on any atom is 0.267 e. The Kier molecular flexibility index (Phi) is 4.30. The van der Waals surface area contributed by atoms with Gasteiger partial charge in [-0.25, -0.2) is 4.68 Å². The molecule has 5 nitrogen and oxygen atoms in total. The Balaban J connectivity index is 2.28. The predicted molar refractivity (Wildman–Crippen MR) is 75.2 cm³/mol. The Morgan fingerprint density at radius 3 is 2.75 bits per heavy atom. The summed E-state index contributed by atoms with van der Waals surface area (Å²) in [6.45, 7) is 4.01. The fourth-order valence-corrected chi connectivity index (χ4v) is 1.86. The third kappa shape index (κ3) is 3.12. The summed E-state index contributed by atoms with van der Waals surface area (Å²) in [4.78, 5) is 24.0. The predicted octanol–water partition coefficient (Wildman–Crippen LogP) is 1.83. The van der Waals surface area contributed by atoms with E-state index in [0.717, 1.165) is 0 Å². The highest BCUT2D eigenvalue weighted by atomic mass is 16.5. The molecule has 104 valence electrons. The van der Waals surface area contributed by atoms with Crippen LogP contribution in [0.3, 0.4) is 0 Å². The van der Waals surface area contributed by atoms with Crippen molar-refractivity contribution < 1.29 is 9.53 Å².